The van der Waals surface area contributed by atoms with E-state index in [2.05, 4.69) is 5.32 Å². The molecule has 0 aliphatic rings. The number of amides is 1. The van der Waals surface area contributed by atoms with E-state index in [4.69, 9.17) is 9.15 Å². The topological polar surface area (TPSA) is 85.6 Å². The number of hydrogen-bond acceptors (Lipinski definition) is 5. The summed E-state index contributed by atoms with van der Waals surface area (Å²) in [4.78, 5) is 12.3. The molecule has 0 saturated heterocycles. The molecule has 0 fully saturated rings. The van der Waals surface area contributed by atoms with Crippen molar-refractivity contribution < 1.29 is 22.4 Å². The molecule has 0 spiro atoms. The Bertz CT molecular complexity index is 1070. The first-order valence-corrected chi connectivity index (χ1v) is 11.3. The van der Waals surface area contributed by atoms with Crippen LogP contribution < -0.4 is 10.1 Å². The second kappa shape index (κ2) is 9.13. The number of sulfone groups is 1. The van der Waals surface area contributed by atoms with Gasteiger partial charge in [0.25, 0.3) is 0 Å². The number of benzene rings is 2. The lowest BCUT2D eigenvalue weighted by molar-refractivity contribution is -0.119. The van der Waals surface area contributed by atoms with Gasteiger partial charge in [0.1, 0.15) is 11.5 Å². The van der Waals surface area contributed by atoms with Crippen molar-refractivity contribution in [3.8, 4) is 5.75 Å². The van der Waals surface area contributed by atoms with Crippen molar-refractivity contribution in [3.05, 3.63) is 65.9 Å². The highest BCUT2D eigenvalue weighted by Crippen LogP contribution is 2.30. The van der Waals surface area contributed by atoms with Gasteiger partial charge in [-0.2, -0.15) is 0 Å². The fourth-order valence-electron chi connectivity index (χ4n) is 3.20. The predicted octanol–water partition coefficient (Wildman–Crippen LogP) is 3.67. The van der Waals surface area contributed by atoms with E-state index in [1.54, 1.807) is 20.1 Å². The SMILES string of the molecule is COc1cccc2cc(C(C)NC(=O)CS(=O)(=O)CCCc3ccccc3)oc12. The smallest absolute Gasteiger partial charge is 0.235 e. The second-order valence-electron chi connectivity index (χ2n) is 7.00. The highest BCUT2D eigenvalue weighted by atomic mass is 32.2. The molecule has 1 N–H and O–H groups in total. The largest absolute Gasteiger partial charge is 0.493 e. The lowest BCUT2D eigenvalue weighted by atomic mass is 10.1. The van der Waals surface area contributed by atoms with Gasteiger partial charge in [0.15, 0.2) is 21.2 Å². The maximum atomic E-state index is 12.3. The number of hydrogen-bond donors (Lipinski definition) is 1. The van der Waals surface area contributed by atoms with Gasteiger partial charge in [-0.3, -0.25) is 4.79 Å². The molecule has 0 bridgehead atoms. The molecule has 0 aliphatic heterocycles. The van der Waals surface area contributed by atoms with Crippen molar-refractivity contribution in [1.29, 1.82) is 0 Å². The fraction of sp³-hybridized carbons (Fsp3) is 0.318. The predicted molar refractivity (Wildman–Crippen MR) is 113 cm³/mol. The summed E-state index contributed by atoms with van der Waals surface area (Å²) in [5, 5.41) is 3.56. The minimum absolute atomic E-state index is 0.0223. The number of carbonyl (C=O) groups is 1. The van der Waals surface area contributed by atoms with Gasteiger partial charge in [-0.15, -0.1) is 0 Å². The van der Waals surface area contributed by atoms with Crippen LogP contribution in [0, 0.1) is 0 Å². The zero-order valence-electron chi connectivity index (χ0n) is 16.6. The number of furan rings is 1. The van der Waals surface area contributed by atoms with Gasteiger partial charge in [-0.25, -0.2) is 8.42 Å². The number of aryl methyl sites for hydroxylation is 1. The molecule has 3 aromatic rings. The van der Waals surface area contributed by atoms with Crippen LogP contribution in [-0.4, -0.2) is 32.9 Å². The highest BCUT2D eigenvalue weighted by molar-refractivity contribution is 7.92. The second-order valence-corrected chi connectivity index (χ2v) is 9.18. The molecule has 1 aromatic heterocycles. The molecule has 6 nitrogen and oxygen atoms in total. The normalized spacial score (nSPS) is 12.6. The average molecular weight is 416 g/mol. The fourth-order valence-corrected chi connectivity index (χ4v) is 4.41. The van der Waals surface area contributed by atoms with Crippen LogP contribution in [0.25, 0.3) is 11.0 Å². The van der Waals surface area contributed by atoms with Crippen molar-refractivity contribution in [1.82, 2.24) is 5.32 Å². The van der Waals surface area contributed by atoms with Crippen LogP contribution >= 0.6 is 0 Å². The molecular formula is C22H25NO5S. The summed E-state index contributed by atoms with van der Waals surface area (Å²) in [7, 11) is -1.92. The van der Waals surface area contributed by atoms with E-state index in [0.29, 0.717) is 29.9 Å². The quantitative estimate of drug-likeness (QED) is 0.576. The van der Waals surface area contributed by atoms with Crippen molar-refractivity contribution >= 4 is 26.7 Å². The number of nitrogens with one attached hydrogen (secondary N) is 1. The number of methoxy groups -OCH3 is 1. The summed E-state index contributed by atoms with van der Waals surface area (Å²) in [5.41, 5.74) is 1.68. The molecule has 1 heterocycles. The first-order chi connectivity index (χ1) is 13.9. The zero-order chi connectivity index (χ0) is 20.9. The summed E-state index contributed by atoms with van der Waals surface area (Å²) in [6.45, 7) is 1.75. The van der Waals surface area contributed by atoms with Crippen molar-refractivity contribution in [3.63, 3.8) is 0 Å². The zero-order valence-corrected chi connectivity index (χ0v) is 17.4. The summed E-state index contributed by atoms with van der Waals surface area (Å²) >= 11 is 0. The molecule has 0 radical (unpaired) electrons. The molecule has 1 amide bonds. The summed E-state index contributed by atoms with van der Waals surface area (Å²) in [6, 6.07) is 16.6. The number of para-hydroxylation sites is 1. The van der Waals surface area contributed by atoms with Gasteiger partial charge in [-0.05, 0) is 37.5 Å². The van der Waals surface area contributed by atoms with E-state index in [9.17, 15) is 13.2 Å². The van der Waals surface area contributed by atoms with Gasteiger partial charge in [0.05, 0.1) is 18.9 Å². The summed E-state index contributed by atoms with van der Waals surface area (Å²) in [5.74, 6) is 0.0542. The lowest BCUT2D eigenvalue weighted by Crippen LogP contribution is -2.33. The van der Waals surface area contributed by atoms with E-state index in [0.717, 1.165) is 10.9 Å². The number of fused-ring (bicyclic) bond motifs is 1. The van der Waals surface area contributed by atoms with Gasteiger partial charge in [0.2, 0.25) is 5.91 Å². The Balaban J connectivity index is 1.55. The number of rotatable bonds is 9. The highest BCUT2D eigenvalue weighted by Gasteiger charge is 2.20. The molecule has 0 saturated carbocycles. The molecule has 0 aliphatic carbocycles. The minimum Gasteiger partial charge on any atom is -0.493 e. The van der Waals surface area contributed by atoms with E-state index >= 15 is 0 Å². The lowest BCUT2D eigenvalue weighted by Gasteiger charge is -2.11. The Kier molecular flexibility index (Phi) is 6.59. The maximum absolute atomic E-state index is 12.3. The van der Waals surface area contributed by atoms with E-state index in [1.807, 2.05) is 48.5 Å². The van der Waals surface area contributed by atoms with Crippen molar-refractivity contribution in [2.75, 3.05) is 18.6 Å². The van der Waals surface area contributed by atoms with Gasteiger partial charge in [0, 0.05) is 5.39 Å². The van der Waals surface area contributed by atoms with Crippen molar-refractivity contribution in [2.24, 2.45) is 0 Å². The Morgan fingerprint density at radius 2 is 1.90 bits per heavy atom. The Morgan fingerprint density at radius 3 is 2.62 bits per heavy atom. The Hall–Kier alpha value is -2.80. The molecule has 7 heteroatoms. The molecule has 29 heavy (non-hydrogen) atoms. The summed E-state index contributed by atoms with van der Waals surface area (Å²) < 4.78 is 35.6. The van der Waals surface area contributed by atoms with Crippen LogP contribution in [0.15, 0.2) is 59.0 Å². The monoisotopic (exact) mass is 415 g/mol. The molecule has 3 rings (SSSR count). The third-order valence-corrected chi connectivity index (χ3v) is 6.28. The summed E-state index contributed by atoms with van der Waals surface area (Å²) in [6.07, 6.45) is 1.15. The third kappa shape index (κ3) is 5.60. The third-order valence-electron chi connectivity index (χ3n) is 4.67. The van der Waals surface area contributed by atoms with Crippen LogP contribution in [0.1, 0.15) is 30.7 Å². The number of ether oxygens (including phenoxy) is 1. The average Bonchev–Trinajstić information content (AvgIpc) is 3.12. The van der Waals surface area contributed by atoms with Crippen LogP contribution in [0.2, 0.25) is 0 Å². The van der Waals surface area contributed by atoms with E-state index in [1.165, 1.54) is 0 Å². The van der Waals surface area contributed by atoms with Gasteiger partial charge >= 0.3 is 0 Å². The first kappa shape index (κ1) is 20.9. The Morgan fingerprint density at radius 1 is 1.14 bits per heavy atom. The van der Waals surface area contributed by atoms with E-state index < -0.39 is 27.5 Å². The van der Waals surface area contributed by atoms with Crippen LogP contribution in [0.5, 0.6) is 5.75 Å². The molecular weight excluding hydrogens is 390 g/mol. The van der Waals surface area contributed by atoms with Gasteiger partial charge in [-0.1, -0.05) is 42.5 Å². The molecule has 1 atom stereocenters. The van der Waals surface area contributed by atoms with E-state index in [-0.39, 0.29) is 5.75 Å². The van der Waals surface area contributed by atoms with Crippen LogP contribution in [0.3, 0.4) is 0 Å². The van der Waals surface area contributed by atoms with Crippen LogP contribution in [-0.2, 0) is 21.1 Å². The first-order valence-electron chi connectivity index (χ1n) is 9.48. The molecule has 2 aromatic carbocycles. The number of carbonyl (C=O) groups excluding carboxylic acids is 1. The Labute approximate surface area is 170 Å². The molecule has 1 unspecified atom stereocenters. The van der Waals surface area contributed by atoms with Crippen LogP contribution in [0.4, 0.5) is 0 Å². The molecule has 154 valence electrons. The van der Waals surface area contributed by atoms with Gasteiger partial charge < -0.3 is 14.5 Å². The van der Waals surface area contributed by atoms with Crippen molar-refractivity contribution in [2.45, 2.75) is 25.8 Å². The minimum atomic E-state index is -3.48. The maximum Gasteiger partial charge on any atom is 0.235 e. The standard InChI is InChI=1S/C22H25NO5S/c1-16(20-14-18-11-6-12-19(27-2)22(18)28-20)23-21(24)15-29(25,26)13-7-10-17-8-4-3-5-9-17/h3-6,8-9,11-12,14,16H,7,10,13,15H2,1-2H3,(H,23,24).